The van der Waals surface area contributed by atoms with Crippen molar-refractivity contribution in [2.45, 2.75) is 91.4 Å². The Balaban J connectivity index is 2.93. The molecule has 140 valence electrons. The molecule has 0 amide bonds. The smallest absolute Gasteiger partial charge is 0.0868 e. The van der Waals surface area contributed by atoms with E-state index in [2.05, 4.69) is 69.2 Å². The van der Waals surface area contributed by atoms with Crippen LogP contribution in [0.4, 0.5) is 0 Å². The van der Waals surface area contributed by atoms with Crippen molar-refractivity contribution in [3.8, 4) is 0 Å². The number of hydrogen-bond donors (Lipinski definition) is 0. The molecule has 2 rings (SSSR count). The molecule has 0 bridgehead atoms. The molecule has 3 heteroatoms. The van der Waals surface area contributed by atoms with E-state index in [1.807, 2.05) is 0 Å². The van der Waals surface area contributed by atoms with Gasteiger partial charge in [-0.2, -0.15) is 0 Å². The second-order valence-corrected chi connectivity index (χ2v) is 14.8. The Labute approximate surface area is 166 Å². The van der Waals surface area contributed by atoms with Gasteiger partial charge in [-0.05, 0) is 63.8 Å². The van der Waals surface area contributed by atoms with E-state index in [0.29, 0.717) is 0 Å². The van der Waals surface area contributed by atoms with Crippen molar-refractivity contribution in [1.82, 2.24) is 0 Å². The fourth-order valence-electron chi connectivity index (χ4n) is 6.02. The molecule has 0 heterocycles. The third-order valence-electron chi connectivity index (χ3n) is 8.41. The molecular weight excluding hydrogens is 363 g/mol. The molecule has 2 aliphatic carbocycles. The summed E-state index contributed by atoms with van der Waals surface area (Å²) >= 11 is 14.2. The van der Waals surface area contributed by atoms with Crippen LogP contribution in [0.15, 0.2) is 43.5 Å². The van der Waals surface area contributed by atoms with E-state index in [0.717, 1.165) is 10.1 Å². The molecule has 0 radical (unpaired) electrons. The van der Waals surface area contributed by atoms with Gasteiger partial charge in [-0.15, -0.1) is 0 Å². The van der Waals surface area contributed by atoms with Gasteiger partial charge in [-0.3, -0.25) is 0 Å². The summed E-state index contributed by atoms with van der Waals surface area (Å²) in [4.78, 5) is 0. The standard InChI is InChI=1S/C22H34Cl2Si/c1-11-25(12-2,21(9)17(7)13(3)15(5)19(21)23)22(10)18(8)14(4)16(6)20(22)24/h11-12H2,1-10H3. The molecule has 25 heavy (non-hydrogen) atoms. The minimum Gasteiger partial charge on any atom is -0.0882 e. The van der Waals surface area contributed by atoms with Crippen molar-refractivity contribution in [1.29, 1.82) is 0 Å². The predicted octanol–water partition coefficient (Wildman–Crippen LogP) is 8.72. The maximum absolute atomic E-state index is 7.11. The van der Waals surface area contributed by atoms with Gasteiger partial charge in [0.25, 0.3) is 0 Å². The summed E-state index contributed by atoms with van der Waals surface area (Å²) in [5.74, 6) is 0. The average molecular weight is 398 g/mol. The fraction of sp³-hybridized carbons (Fsp3) is 0.636. The molecule has 2 atom stereocenters. The summed E-state index contributed by atoms with van der Waals surface area (Å²) < 4.78 is 0. The highest BCUT2D eigenvalue weighted by Crippen LogP contribution is 2.73. The van der Waals surface area contributed by atoms with Crippen LogP contribution in [0, 0.1) is 0 Å². The van der Waals surface area contributed by atoms with Gasteiger partial charge in [-0.25, -0.2) is 0 Å². The molecule has 0 aromatic heterocycles. The van der Waals surface area contributed by atoms with Crippen LogP contribution in [0.5, 0.6) is 0 Å². The van der Waals surface area contributed by atoms with Crippen molar-refractivity contribution in [2.75, 3.05) is 0 Å². The van der Waals surface area contributed by atoms with E-state index in [9.17, 15) is 0 Å². The minimum atomic E-state index is -2.04. The largest absolute Gasteiger partial charge is 0.0882 e. The monoisotopic (exact) mass is 396 g/mol. The summed E-state index contributed by atoms with van der Waals surface area (Å²) in [5, 5.41) is 2.01. The number of halogens is 2. The van der Waals surface area contributed by atoms with E-state index in [1.54, 1.807) is 0 Å². The molecule has 0 aromatic carbocycles. The molecule has 0 saturated carbocycles. The maximum Gasteiger partial charge on any atom is 0.0868 e. The van der Waals surface area contributed by atoms with E-state index in [1.165, 1.54) is 45.5 Å². The second kappa shape index (κ2) is 6.43. The van der Waals surface area contributed by atoms with Crippen molar-refractivity contribution < 1.29 is 0 Å². The van der Waals surface area contributed by atoms with Crippen molar-refractivity contribution >= 4 is 31.3 Å². The zero-order chi connectivity index (χ0) is 19.5. The Morgan fingerprint density at radius 3 is 1.08 bits per heavy atom. The Bertz CT molecular complexity index is 634. The maximum atomic E-state index is 7.11. The van der Waals surface area contributed by atoms with Crippen LogP contribution in [0.2, 0.25) is 22.2 Å². The van der Waals surface area contributed by atoms with Gasteiger partial charge in [-0.1, -0.05) is 74.1 Å². The quantitative estimate of drug-likeness (QED) is 0.416. The lowest BCUT2D eigenvalue weighted by molar-refractivity contribution is 0.707. The lowest BCUT2D eigenvalue weighted by atomic mass is 10.0. The van der Waals surface area contributed by atoms with Gasteiger partial charge in [0.2, 0.25) is 0 Å². The lowest BCUT2D eigenvalue weighted by Crippen LogP contribution is -2.55. The van der Waals surface area contributed by atoms with Gasteiger partial charge in [0.05, 0.1) is 8.07 Å². The van der Waals surface area contributed by atoms with Crippen LogP contribution >= 0.6 is 23.2 Å². The molecule has 0 aliphatic heterocycles. The summed E-state index contributed by atoms with van der Waals surface area (Å²) in [5.41, 5.74) is 8.23. The first-order valence-electron chi connectivity index (χ1n) is 9.50. The minimum absolute atomic E-state index is 0.0622. The Hall–Kier alpha value is -0.243. The third-order valence-corrected chi connectivity index (χ3v) is 17.5. The van der Waals surface area contributed by atoms with Crippen molar-refractivity contribution in [2.24, 2.45) is 0 Å². The highest BCUT2D eigenvalue weighted by molar-refractivity contribution is 6.89. The first-order valence-corrected chi connectivity index (χ1v) is 12.7. The third kappa shape index (κ3) is 2.18. The van der Waals surface area contributed by atoms with Gasteiger partial charge < -0.3 is 0 Å². The van der Waals surface area contributed by atoms with Crippen LogP contribution < -0.4 is 0 Å². The predicted molar refractivity (Wildman–Crippen MR) is 117 cm³/mol. The lowest BCUT2D eigenvalue weighted by Gasteiger charge is -2.56. The SMILES string of the molecule is CC[Si](CC)(C1(C)C(C)=C(C)C(C)=C1Cl)C1(C)C(C)=C(C)C(C)=C1Cl. The number of hydrogen-bond acceptors (Lipinski definition) is 0. The summed E-state index contributed by atoms with van der Waals surface area (Å²) in [7, 11) is -2.04. The molecule has 0 aromatic rings. The van der Waals surface area contributed by atoms with E-state index < -0.39 is 8.07 Å². The van der Waals surface area contributed by atoms with Crippen LogP contribution in [0.1, 0.15) is 69.2 Å². The highest BCUT2D eigenvalue weighted by Gasteiger charge is 2.65. The van der Waals surface area contributed by atoms with Crippen LogP contribution in [-0.2, 0) is 0 Å². The summed E-state index contributed by atoms with van der Waals surface area (Å²) in [6, 6.07) is 2.33. The van der Waals surface area contributed by atoms with E-state index in [4.69, 9.17) is 23.2 Å². The molecule has 0 spiro atoms. The number of allylic oxidation sites excluding steroid dienone is 8. The Morgan fingerprint density at radius 1 is 0.640 bits per heavy atom. The molecular formula is C22H34Cl2Si. The van der Waals surface area contributed by atoms with Gasteiger partial charge in [0, 0.05) is 20.1 Å². The van der Waals surface area contributed by atoms with Gasteiger partial charge in [0.1, 0.15) is 0 Å². The van der Waals surface area contributed by atoms with E-state index in [-0.39, 0.29) is 10.1 Å². The molecule has 0 nitrogen and oxygen atoms in total. The first kappa shape index (κ1) is 21.1. The van der Waals surface area contributed by atoms with Crippen LogP contribution in [0.3, 0.4) is 0 Å². The zero-order valence-corrected chi connectivity index (χ0v) is 20.2. The van der Waals surface area contributed by atoms with Gasteiger partial charge >= 0.3 is 0 Å². The Morgan fingerprint density at radius 2 is 0.920 bits per heavy atom. The van der Waals surface area contributed by atoms with Crippen LogP contribution in [-0.4, -0.2) is 8.07 Å². The normalized spacial score (nSPS) is 31.2. The molecule has 0 N–H and O–H groups in total. The van der Waals surface area contributed by atoms with E-state index >= 15 is 0 Å². The fourth-order valence-corrected chi connectivity index (χ4v) is 15.0. The molecule has 0 fully saturated rings. The summed E-state index contributed by atoms with van der Waals surface area (Å²) in [6.07, 6.45) is 0. The van der Waals surface area contributed by atoms with Crippen LogP contribution in [0.25, 0.3) is 0 Å². The molecule has 2 unspecified atom stereocenters. The second-order valence-electron chi connectivity index (χ2n) is 8.42. The van der Waals surface area contributed by atoms with Crippen molar-refractivity contribution in [3.63, 3.8) is 0 Å². The average Bonchev–Trinajstić information content (AvgIpc) is 2.85. The summed E-state index contributed by atoms with van der Waals surface area (Å²) in [6.45, 7) is 23.0. The zero-order valence-electron chi connectivity index (χ0n) is 17.7. The number of rotatable bonds is 4. The molecule has 0 saturated heterocycles. The Kier molecular flexibility index (Phi) is 5.41. The highest BCUT2D eigenvalue weighted by atomic mass is 35.5. The topological polar surface area (TPSA) is 0 Å². The van der Waals surface area contributed by atoms with Gasteiger partial charge in [0.15, 0.2) is 0 Å². The van der Waals surface area contributed by atoms with Crippen molar-refractivity contribution in [3.05, 3.63) is 43.5 Å². The first-order chi connectivity index (χ1) is 11.4. The molecule has 2 aliphatic rings.